The minimum atomic E-state index is -5.70. The van der Waals surface area contributed by atoms with Crippen molar-refractivity contribution in [2.24, 2.45) is 0 Å². The van der Waals surface area contributed by atoms with Crippen LogP contribution < -0.4 is 21.1 Å². The van der Waals surface area contributed by atoms with Crippen molar-refractivity contribution in [2.45, 2.75) is 24.9 Å². The molecular formula is C11H17BN6O13P3. The van der Waals surface area contributed by atoms with Gasteiger partial charge in [0.1, 0.15) is 19.0 Å². The average Bonchev–Trinajstić information content (AvgIpc) is 3.17. The molecule has 1 saturated heterocycles. The molecule has 5 atom stereocenters. The first-order valence-corrected chi connectivity index (χ1v) is 13.1. The van der Waals surface area contributed by atoms with Crippen molar-refractivity contribution in [2.75, 3.05) is 28.8 Å². The number of nitrogens with one attached hydrogen (secondary N) is 1. The van der Waals surface area contributed by atoms with Crippen LogP contribution in [0.15, 0.2) is 4.79 Å². The Morgan fingerprint density at radius 2 is 1.88 bits per heavy atom. The molecule has 1 fully saturated rings. The monoisotopic (exact) mass is 545 g/mol. The van der Waals surface area contributed by atoms with Gasteiger partial charge in [0.05, 0.1) is 12.7 Å². The lowest BCUT2D eigenvalue weighted by atomic mass is 10.2. The van der Waals surface area contributed by atoms with Gasteiger partial charge in [0.2, 0.25) is 5.95 Å². The number of aromatic nitrogens is 2. The van der Waals surface area contributed by atoms with Crippen molar-refractivity contribution in [3.05, 3.63) is 10.4 Å². The number of nitriles is 1. The number of nitrogen functional groups attached to an aromatic ring is 1. The molecule has 3 radical (unpaired) electrons. The smallest absolute Gasteiger partial charge is 0.390 e. The van der Waals surface area contributed by atoms with Crippen LogP contribution in [0.2, 0.25) is 0 Å². The van der Waals surface area contributed by atoms with E-state index in [1.54, 1.807) is 6.19 Å². The van der Waals surface area contributed by atoms with E-state index >= 15 is 0 Å². The standard InChI is InChI=1S/C11H17N6O13P3.B/c12-3-16-4-17(9-8(16)10(19)15-11(13)14-9)7-1-5(18)6(28-7)2-27-32(23,24)30-33(25,26)29-31(20,21)22;/h5-7,18H,1-2,4H2,(H,23,24)(H,25,26)(H2,20,21,22)(H3,13,14,15,19);/t5-,6+,7+;/m0./s1. The first kappa shape index (κ1) is 28.4. The van der Waals surface area contributed by atoms with Gasteiger partial charge >= 0.3 is 23.5 Å². The Hall–Kier alpha value is -1.84. The summed E-state index contributed by atoms with van der Waals surface area (Å²) in [6, 6.07) is 0. The van der Waals surface area contributed by atoms with E-state index in [1.165, 1.54) is 4.90 Å². The molecule has 0 aliphatic carbocycles. The second kappa shape index (κ2) is 10.0. The summed E-state index contributed by atoms with van der Waals surface area (Å²) in [7, 11) is -16.7. The number of hydrogen-bond acceptors (Lipinski definition) is 14. The summed E-state index contributed by atoms with van der Waals surface area (Å²) >= 11 is 0. The number of aromatic amines is 1. The molecule has 23 heteroatoms. The lowest BCUT2D eigenvalue weighted by molar-refractivity contribution is -0.0215. The Labute approximate surface area is 191 Å². The van der Waals surface area contributed by atoms with E-state index < -0.39 is 54.1 Å². The first-order chi connectivity index (χ1) is 15.1. The second-order valence-electron chi connectivity index (χ2n) is 6.58. The number of nitrogens with two attached hydrogens (primary N) is 1. The van der Waals surface area contributed by atoms with Gasteiger partial charge in [0.15, 0.2) is 17.7 Å². The van der Waals surface area contributed by atoms with Gasteiger partial charge in [0, 0.05) is 14.8 Å². The predicted octanol–water partition coefficient (Wildman–Crippen LogP) is -2.14. The van der Waals surface area contributed by atoms with Crippen molar-refractivity contribution in [3.63, 3.8) is 0 Å². The lowest BCUT2D eigenvalue weighted by Gasteiger charge is -2.25. The summed E-state index contributed by atoms with van der Waals surface area (Å²) < 4.78 is 51.0. The molecule has 3 rings (SSSR count). The molecule has 0 amide bonds. The van der Waals surface area contributed by atoms with Gasteiger partial charge in [0.25, 0.3) is 5.56 Å². The molecule has 1 aromatic heterocycles. The topological polar surface area (TPSA) is 291 Å². The van der Waals surface area contributed by atoms with E-state index in [4.69, 9.17) is 25.2 Å². The molecule has 1 aromatic rings. The normalized spacial score (nSPS) is 25.7. The molecule has 0 bridgehead atoms. The summed E-state index contributed by atoms with van der Waals surface area (Å²) in [6.45, 7) is -1.07. The number of rotatable bonds is 8. The molecule has 2 aliphatic rings. The average molecular weight is 545 g/mol. The lowest BCUT2D eigenvalue weighted by Crippen LogP contribution is -2.38. The molecule has 0 saturated carbocycles. The Kier molecular flexibility index (Phi) is 8.38. The minimum Gasteiger partial charge on any atom is -0.390 e. The number of fused-ring (bicyclic) bond motifs is 1. The summed E-state index contributed by atoms with van der Waals surface area (Å²) in [5, 5.41) is 19.5. The van der Waals surface area contributed by atoms with Crippen molar-refractivity contribution in [1.82, 2.24) is 9.97 Å². The van der Waals surface area contributed by atoms with Crippen LogP contribution in [0.25, 0.3) is 0 Å². The number of H-pyrrole nitrogens is 1. The summed E-state index contributed by atoms with van der Waals surface area (Å²) in [5.41, 5.74) is 4.74. The third-order valence-electron chi connectivity index (χ3n) is 4.22. The van der Waals surface area contributed by atoms with Gasteiger partial charge in [-0.1, -0.05) is 0 Å². The maximum atomic E-state index is 12.1. The van der Waals surface area contributed by atoms with Crippen LogP contribution in [-0.2, 0) is 31.6 Å². The van der Waals surface area contributed by atoms with E-state index in [-0.39, 0.29) is 39.0 Å². The number of aliphatic hydroxyl groups excluding tert-OH is 1. The zero-order valence-corrected chi connectivity index (χ0v) is 19.3. The van der Waals surface area contributed by atoms with Crippen molar-refractivity contribution in [3.8, 4) is 6.19 Å². The fraction of sp³-hybridized carbons (Fsp3) is 0.545. The van der Waals surface area contributed by atoms with Crippen LogP contribution in [0.4, 0.5) is 17.5 Å². The SMILES string of the molecule is N#CN1CN([C@H]2C[C@H](O)[C@@H](COP(=O)(O)OP(=O)(O)OP(=O)(O)O)O2)c2nc(N)[nH]c(=O)c21.[B]. The van der Waals surface area contributed by atoms with E-state index in [1.807, 2.05) is 0 Å². The van der Waals surface area contributed by atoms with Crippen molar-refractivity contribution >= 4 is 49.3 Å². The van der Waals surface area contributed by atoms with E-state index in [0.717, 1.165) is 4.90 Å². The third kappa shape index (κ3) is 6.64. The Morgan fingerprint density at radius 1 is 1.24 bits per heavy atom. The van der Waals surface area contributed by atoms with Gasteiger partial charge in [-0.15, -0.1) is 0 Å². The van der Waals surface area contributed by atoms with E-state index in [9.17, 15) is 33.8 Å². The zero-order valence-electron chi connectivity index (χ0n) is 16.6. The molecule has 34 heavy (non-hydrogen) atoms. The number of phosphoric ester groups is 1. The van der Waals surface area contributed by atoms with Gasteiger partial charge in [-0.2, -0.15) is 18.9 Å². The van der Waals surface area contributed by atoms with Crippen molar-refractivity contribution in [1.29, 1.82) is 5.26 Å². The molecule has 2 unspecified atom stereocenters. The number of nitrogens with zero attached hydrogens (tertiary/aromatic N) is 4. The second-order valence-corrected chi connectivity index (χ2v) is 11.0. The quantitative estimate of drug-likeness (QED) is 0.104. The van der Waals surface area contributed by atoms with Gasteiger partial charge < -0.3 is 40.1 Å². The highest BCUT2D eigenvalue weighted by Crippen LogP contribution is 2.66. The van der Waals surface area contributed by atoms with Crippen LogP contribution >= 0.6 is 23.5 Å². The van der Waals surface area contributed by atoms with Crippen LogP contribution in [0.1, 0.15) is 6.42 Å². The maximum absolute atomic E-state index is 12.1. The molecular weight excluding hydrogens is 528 g/mol. The highest BCUT2D eigenvalue weighted by atomic mass is 31.3. The Morgan fingerprint density at radius 3 is 2.47 bits per heavy atom. The Bertz CT molecular complexity index is 1170. The van der Waals surface area contributed by atoms with Crippen LogP contribution in [0.5, 0.6) is 0 Å². The maximum Gasteiger partial charge on any atom is 0.490 e. The molecule has 0 spiro atoms. The minimum absolute atomic E-state index is 0. The fourth-order valence-electron chi connectivity index (χ4n) is 3.04. The number of hydrogen-bond donors (Lipinski definition) is 7. The Balaban J connectivity index is 0.00000408. The van der Waals surface area contributed by atoms with E-state index in [2.05, 4.69) is 23.1 Å². The highest BCUT2D eigenvalue weighted by molar-refractivity contribution is 7.66. The number of phosphoric acid groups is 3. The first-order valence-electron chi connectivity index (χ1n) is 8.56. The molecule has 187 valence electrons. The predicted molar refractivity (Wildman–Crippen MR) is 110 cm³/mol. The van der Waals surface area contributed by atoms with Crippen LogP contribution in [0, 0.1) is 11.5 Å². The highest BCUT2D eigenvalue weighted by Gasteiger charge is 2.45. The largest absolute Gasteiger partial charge is 0.490 e. The molecule has 0 aromatic carbocycles. The van der Waals surface area contributed by atoms with Crippen LogP contribution in [-0.4, -0.2) is 74.8 Å². The van der Waals surface area contributed by atoms with Gasteiger partial charge in [-0.3, -0.25) is 19.2 Å². The van der Waals surface area contributed by atoms with Crippen molar-refractivity contribution < 1.29 is 56.3 Å². The van der Waals surface area contributed by atoms with Gasteiger partial charge in [-0.25, -0.2) is 13.7 Å². The molecule has 2 aliphatic heterocycles. The summed E-state index contributed by atoms with van der Waals surface area (Å²) in [4.78, 5) is 56.3. The van der Waals surface area contributed by atoms with E-state index in [0.29, 0.717) is 0 Å². The fourth-order valence-corrected chi connectivity index (χ4v) is 6.07. The number of aliphatic hydroxyl groups is 1. The summed E-state index contributed by atoms with van der Waals surface area (Å²) in [6.07, 6.45) is -1.98. The van der Waals surface area contributed by atoms with Gasteiger partial charge in [-0.05, 0) is 0 Å². The number of ether oxygens (including phenoxy) is 1. The third-order valence-corrected chi connectivity index (χ3v) is 8.02. The summed E-state index contributed by atoms with van der Waals surface area (Å²) in [5.74, 6) is -0.255. The number of anilines is 3. The molecule has 3 heterocycles. The molecule has 8 N–H and O–H groups in total. The zero-order chi connectivity index (χ0) is 24.8. The van der Waals surface area contributed by atoms with Crippen LogP contribution in [0.3, 0.4) is 0 Å². The molecule has 19 nitrogen and oxygen atoms in total.